The third-order valence-corrected chi connectivity index (χ3v) is 3.37. The minimum atomic E-state index is 0.443. The Bertz CT molecular complexity index is 561. The first-order valence-electron chi connectivity index (χ1n) is 6.92. The fourth-order valence-electron chi connectivity index (χ4n) is 2.27. The fourth-order valence-corrected chi connectivity index (χ4v) is 2.27. The number of nitrogens with zero attached hydrogens (tertiary/aromatic N) is 2. The monoisotopic (exact) mass is 269 g/mol. The van der Waals surface area contributed by atoms with Gasteiger partial charge in [0.1, 0.15) is 5.82 Å². The molecule has 2 heterocycles. The maximum absolute atomic E-state index is 4.54. The lowest BCUT2D eigenvalue weighted by Gasteiger charge is -2.13. The van der Waals surface area contributed by atoms with Gasteiger partial charge in [-0.1, -0.05) is 17.7 Å². The highest BCUT2D eigenvalue weighted by molar-refractivity contribution is 5.57. The molecule has 0 radical (unpaired) electrons. The Morgan fingerprint density at radius 2 is 1.95 bits per heavy atom. The Hall–Kier alpha value is -2.14. The number of benzene rings is 1. The molecule has 5 heteroatoms. The number of hydrogen-bond donors (Lipinski definition) is 3. The number of nitrogens with one attached hydrogen (secondary N) is 3. The summed E-state index contributed by atoms with van der Waals surface area (Å²) in [4.78, 5) is 8.77. The summed E-state index contributed by atoms with van der Waals surface area (Å²) in [5, 5.41) is 9.99. The molecule has 104 valence electrons. The third kappa shape index (κ3) is 3.24. The van der Waals surface area contributed by atoms with Crippen molar-refractivity contribution >= 4 is 17.3 Å². The van der Waals surface area contributed by atoms with Gasteiger partial charge in [0.25, 0.3) is 0 Å². The molecule has 1 unspecified atom stereocenters. The van der Waals surface area contributed by atoms with Crippen LogP contribution < -0.4 is 16.0 Å². The van der Waals surface area contributed by atoms with Crippen LogP contribution in [0.3, 0.4) is 0 Å². The molecule has 0 aliphatic carbocycles. The summed E-state index contributed by atoms with van der Waals surface area (Å²) < 4.78 is 0. The second-order valence-corrected chi connectivity index (χ2v) is 5.11. The minimum absolute atomic E-state index is 0.443. The summed E-state index contributed by atoms with van der Waals surface area (Å²) in [6.07, 6.45) is 4.62. The number of anilines is 3. The van der Waals surface area contributed by atoms with E-state index in [9.17, 15) is 0 Å². The summed E-state index contributed by atoms with van der Waals surface area (Å²) in [6, 6.07) is 8.67. The van der Waals surface area contributed by atoms with Crippen LogP contribution in [0.2, 0.25) is 0 Å². The fraction of sp³-hybridized carbons (Fsp3) is 0.333. The first-order valence-corrected chi connectivity index (χ1v) is 6.92. The van der Waals surface area contributed by atoms with E-state index in [1.807, 2.05) is 12.1 Å². The smallest absolute Gasteiger partial charge is 0.151 e. The molecule has 1 atom stereocenters. The van der Waals surface area contributed by atoms with Crippen LogP contribution in [0.4, 0.5) is 17.3 Å². The van der Waals surface area contributed by atoms with Gasteiger partial charge in [0.05, 0.1) is 12.4 Å². The Balaban J connectivity index is 1.68. The predicted octanol–water partition coefficient (Wildman–Crippen LogP) is 2.30. The van der Waals surface area contributed by atoms with Crippen molar-refractivity contribution in [2.45, 2.75) is 19.4 Å². The molecule has 3 N–H and O–H groups in total. The SMILES string of the molecule is Cc1ccc(Nc2cncc(NC3CCNC3)n2)cc1. The van der Waals surface area contributed by atoms with Crippen molar-refractivity contribution in [2.75, 3.05) is 23.7 Å². The van der Waals surface area contributed by atoms with E-state index in [4.69, 9.17) is 0 Å². The zero-order valence-electron chi connectivity index (χ0n) is 11.6. The van der Waals surface area contributed by atoms with Gasteiger partial charge >= 0.3 is 0 Å². The van der Waals surface area contributed by atoms with Crippen molar-refractivity contribution < 1.29 is 0 Å². The van der Waals surface area contributed by atoms with E-state index in [0.29, 0.717) is 6.04 Å². The molecule has 1 aliphatic heterocycles. The Morgan fingerprint density at radius 1 is 1.15 bits per heavy atom. The van der Waals surface area contributed by atoms with Gasteiger partial charge in [-0.2, -0.15) is 0 Å². The third-order valence-electron chi connectivity index (χ3n) is 3.37. The van der Waals surface area contributed by atoms with Crippen molar-refractivity contribution in [3.8, 4) is 0 Å². The van der Waals surface area contributed by atoms with E-state index in [2.05, 4.69) is 45.0 Å². The summed E-state index contributed by atoms with van der Waals surface area (Å²) in [7, 11) is 0. The van der Waals surface area contributed by atoms with Gasteiger partial charge in [-0.25, -0.2) is 4.98 Å². The topological polar surface area (TPSA) is 61.9 Å². The number of aryl methyl sites for hydroxylation is 1. The molecule has 1 aromatic carbocycles. The molecule has 0 amide bonds. The number of aromatic nitrogens is 2. The summed E-state index contributed by atoms with van der Waals surface area (Å²) in [5.41, 5.74) is 2.26. The summed E-state index contributed by atoms with van der Waals surface area (Å²) >= 11 is 0. The molecule has 0 saturated carbocycles. The second kappa shape index (κ2) is 5.88. The van der Waals surface area contributed by atoms with E-state index < -0.39 is 0 Å². The average Bonchev–Trinajstić information content (AvgIpc) is 2.95. The molecule has 1 fully saturated rings. The second-order valence-electron chi connectivity index (χ2n) is 5.11. The van der Waals surface area contributed by atoms with Gasteiger partial charge < -0.3 is 16.0 Å². The highest BCUT2D eigenvalue weighted by Crippen LogP contribution is 2.16. The maximum Gasteiger partial charge on any atom is 0.151 e. The van der Waals surface area contributed by atoms with Crippen molar-refractivity contribution in [2.24, 2.45) is 0 Å². The predicted molar refractivity (Wildman–Crippen MR) is 81.4 cm³/mol. The van der Waals surface area contributed by atoms with E-state index in [0.717, 1.165) is 36.8 Å². The summed E-state index contributed by atoms with van der Waals surface area (Å²) in [6.45, 7) is 4.12. The molecule has 0 bridgehead atoms. The van der Waals surface area contributed by atoms with Crippen molar-refractivity contribution in [3.63, 3.8) is 0 Å². The first kappa shape index (κ1) is 12.9. The molecule has 0 spiro atoms. The van der Waals surface area contributed by atoms with Crippen molar-refractivity contribution in [1.82, 2.24) is 15.3 Å². The van der Waals surface area contributed by atoms with Gasteiger partial charge in [-0.05, 0) is 32.0 Å². The van der Waals surface area contributed by atoms with E-state index in [1.165, 1.54) is 5.56 Å². The first-order chi connectivity index (χ1) is 9.79. The maximum atomic E-state index is 4.54. The lowest BCUT2D eigenvalue weighted by atomic mass is 10.2. The van der Waals surface area contributed by atoms with E-state index >= 15 is 0 Å². The van der Waals surface area contributed by atoms with Gasteiger partial charge in [0.2, 0.25) is 0 Å². The quantitative estimate of drug-likeness (QED) is 0.795. The van der Waals surface area contributed by atoms with Crippen LogP contribution in [-0.2, 0) is 0 Å². The Morgan fingerprint density at radius 3 is 2.70 bits per heavy atom. The van der Waals surface area contributed by atoms with Crippen LogP contribution in [0.1, 0.15) is 12.0 Å². The van der Waals surface area contributed by atoms with Crippen molar-refractivity contribution in [3.05, 3.63) is 42.2 Å². The lowest BCUT2D eigenvalue weighted by molar-refractivity contribution is 0.787. The molecule has 2 aromatic rings. The van der Waals surface area contributed by atoms with Crippen molar-refractivity contribution in [1.29, 1.82) is 0 Å². The van der Waals surface area contributed by atoms with Gasteiger partial charge in [0.15, 0.2) is 5.82 Å². The standard InChI is InChI=1S/C15H19N5/c1-11-2-4-12(5-3-11)18-14-9-17-10-15(20-14)19-13-6-7-16-8-13/h2-5,9-10,13,16H,6-8H2,1H3,(H2,18,19,20). The molecule has 1 saturated heterocycles. The molecule has 1 aliphatic rings. The Kier molecular flexibility index (Phi) is 3.78. The Labute approximate surface area is 118 Å². The molecular weight excluding hydrogens is 250 g/mol. The van der Waals surface area contributed by atoms with Gasteiger partial charge in [-0.15, -0.1) is 0 Å². The minimum Gasteiger partial charge on any atom is -0.365 e. The van der Waals surface area contributed by atoms with E-state index in [1.54, 1.807) is 12.4 Å². The zero-order chi connectivity index (χ0) is 13.8. The summed E-state index contributed by atoms with van der Waals surface area (Å²) in [5.74, 6) is 1.57. The van der Waals surface area contributed by atoms with Crippen LogP contribution in [0, 0.1) is 6.92 Å². The van der Waals surface area contributed by atoms with Crippen LogP contribution in [-0.4, -0.2) is 29.1 Å². The normalized spacial score (nSPS) is 17.9. The van der Waals surface area contributed by atoms with Crippen LogP contribution in [0.15, 0.2) is 36.7 Å². The van der Waals surface area contributed by atoms with Crippen LogP contribution in [0.5, 0.6) is 0 Å². The molecule has 20 heavy (non-hydrogen) atoms. The number of rotatable bonds is 4. The van der Waals surface area contributed by atoms with Crippen LogP contribution in [0.25, 0.3) is 0 Å². The molecule has 1 aromatic heterocycles. The lowest BCUT2D eigenvalue weighted by Crippen LogP contribution is -2.22. The average molecular weight is 269 g/mol. The highest BCUT2D eigenvalue weighted by atomic mass is 15.1. The van der Waals surface area contributed by atoms with Gasteiger partial charge in [-0.3, -0.25) is 4.98 Å². The molecule has 5 nitrogen and oxygen atoms in total. The van der Waals surface area contributed by atoms with E-state index in [-0.39, 0.29) is 0 Å². The molecule has 3 rings (SSSR count). The largest absolute Gasteiger partial charge is 0.365 e. The van der Waals surface area contributed by atoms with Gasteiger partial charge in [0, 0.05) is 18.3 Å². The number of hydrogen-bond acceptors (Lipinski definition) is 5. The zero-order valence-corrected chi connectivity index (χ0v) is 11.6. The van der Waals surface area contributed by atoms with Crippen LogP contribution >= 0.6 is 0 Å². The highest BCUT2D eigenvalue weighted by Gasteiger charge is 2.14. The molecular formula is C15H19N5.